The van der Waals surface area contributed by atoms with E-state index in [9.17, 15) is 9.90 Å². The van der Waals surface area contributed by atoms with Gasteiger partial charge in [0.15, 0.2) is 5.75 Å². The number of aryl methyl sites for hydroxylation is 1. The summed E-state index contributed by atoms with van der Waals surface area (Å²) in [6, 6.07) is 2.77. The van der Waals surface area contributed by atoms with Gasteiger partial charge in [0.25, 0.3) is 5.91 Å². The van der Waals surface area contributed by atoms with Crippen LogP contribution in [0.4, 0.5) is 5.69 Å². The SMILES string of the molecule is Cc1cnc(C(=O)Nc2cc(Cl)cc(Cl)c2O)cn1. The Balaban J connectivity index is 2.26. The summed E-state index contributed by atoms with van der Waals surface area (Å²) in [6.45, 7) is 1.76. The smallest absolute Gasteiger partial charge is 0.275 e. The van der Waals surface area contributed by atoms with Crippen LogP contribution in [-0.4, -0.2) is 21.0 Å². The van der Waals surface area contributed by atoms with E-state index in [0.717, 1.165) is 0 Å². The van der Waals surface area contributed by atoms with Gasteiger partial charge in [-0.1, -0.05) is 23.2 Å². The monoisotopic (exact) mass is 297 g/mol. The molecule has 0 spiro atoms. The highest BCUT2D eigenvalue weighted by atomic mass is 35.5. The van der Waals surface area contributed by atoms with Crippen LogP contribution in [0.3, 0.4) is 0 Å². The van der Waals surface area contributed by atoms with Gasteiger partial charge in [0, 0.05) is 11.2 Å². The van der Waals surface area contributed by atoms with E-state index in [1.807, 2.05) is 0 Å². The van der Waals surface area contributed by atoms with Crippen LogP contribution >= 0.6 is 23.2 Å². The molecule has 0 unspecified atom stereocenters. The lowest BCUT2D eigenvalue weighted by Gasteiger charge is -2.08. The lowest BCUT2D eigenvalue weighted by atomic mass is 10.2. The maximum atomic E-state index is 11.9. The molecule has 0 fully saturated rings. The Morgan fingerprint density at radius 1 is 1.26 bits per heavy atom. The van der Waals surface area contributed by atoms with E-state index in [-0.39, 0.29) is 22.2 Å². The predicted molar refractivity (Wildman–Crippen MR) is 72.8 cm³/mol. The van der Waals surface area contributed by atoms with Crippen LogP contribution in [0.2, 0.25) is 10.0 Å². The molecule has 5 nitrogen and oxygen atoms in total. The molecule has 1 amide bonds. The van der Waals surface area contributed by atoms with E-state index in [2.05, 4.69) is 15.3 Å². The number of halogens is 2. The van der Waals surface area contributed by atoms with Gasteiger partial charge in [0.1, 0.15) is 5.69 Å². The first kappa shape index (κ1) is 13.6. The fraction of sp³-hybridized carbons (Fsp3) is 0.0833. The summed E-state index contributed by atoms with van der Waals surface area (Å²) in [5.74, 6) is -0.763. The number of rotatable bonds is 2. The predicted octanol–water partition coefficient (Wildman–Crippen LogP) is 3.05. The number of hydrogen-bond acceptors (Lipinski definition) is 4. The van der Waals surface area contributed by atoms with Crippen molar-refractivity contribution >= 4 is 34.8 Å². The first-order valence-electron chi connectivity index (χ1n) is 5.25. The van der Waals surface area contributed by atoms with Crippen molar-refractivity contribution in [1.29, 1.82) is 0 Å². The van der Waals surface area contributed by atoms with Crippen LogP contribution in [0.1, 0.15) is 16.2 Å². The Kier molecular flexibility index (Phi) is 3.87. The Morgan fingerprint density at radius 2 is 2.00 bits per heavy atom. The largest absolute Gasteiger partial charge is 0.504 e. The summed E-state index contributed by atoms with van der Waals surface area (Å²) >= 11 is 11.6. The van der Waals surface area contributed by atoms with Crippen molar-refractivity contribution in [3.05, 3.63) is 46.0 Å². The first-order chi connectivity index (χ1) is 8.97. The van der Waals surface area contributed by atoms with Crippen LogP contribution in [0.15, 0.2) is 24.5 Å². The zero-order chi connectivity index (χ0) is 14.0. The van der Waals surface area contributed by atoms with Gasteiger partial charge in [-0.2, -0.15) is 0 Å². The molecule has 0 aliphatic rings. The number of aromatic nitrogens is 2. The topological polar surface area (TPSA) is 75.1 Å². The van der Waals surface area contributed by atoms with Gasteiger partial charge in [0.05, 0.1) is 22.6 Å². The number of phenols is 1. The van der Waals surface area contributed by atoms with Crippen molar-refractivity contribution in [2.24, 2.45) is 0 Å². The van der Waals surface area contributed by atoms with Crippen LogP contribution in [0, 0.1) is 6.92 Å². The molecule has 2 aromatic rings. The van der Waals surface area contributed by atoms with Crippen LogP contribution < -0.4 is 5.32 Å². The van der Waals surface area contributed by atoms with Crippen molar-refractivity contribution in [3.8, 4) is 5.75 Å². The first-order valence-corrected chi connectivity index (χ1v) is 6.01. The third kappa shape index (κ3) is 3.13. The van der Waals surface area contributed by atoms with Gasteiger partial charge < -0.3 is 10.4 Å². The quantitative estimate of drug-likeness (QED) is 0.836. The maximum Gasteiger partial charge on any atom is 0.275 e. The minimum Gasteiger partial charge on any atom is -0.504 e. The van der Waals surface area contributed by atoms with E-state index in [1.54, 1.807) is 6.92 Å². The third-order valence-corrected chi connectivity index (χ3v) is 2.80. The summed E-state index contributed by atoms with van der Waals surface area (Å²) in [4.78, 5) is 19.8. The third-order valence-electron chi connectivity index (χ3n) is 2.29. The van der Waals surface area contributed by atoms with Gasteiger partial charge in [0.2, 0.25) is 0 Å². The summed E-state index contributed by atoms with van der Waals surface area (Å²) < 4.78 is 0. The summed E-state index contributed by atoms with van der Waals surface area (Å²) in [7, 11) is 0. The molecule has 0 saturated heterocycles. The van der Waals surface area contributed by atoms with Crippen molar-refractivity contribution in [2.75, 3.05) is 5.32 Å². The second-order valence-corrected chi connectivity index (χ2v) is 4.62. The molecule has 2 N–H and O–H groups in total. The number of benzene rings is 1. The number of carbonyl (C=O) groups is 1. The molecule has 0 aliphatic heterocycles. The molecule has 19 heavy (non-hydrogen) atoms. The number of carbonyl (C=O) groups excluding carboxylic acids is 1. The molecule has 1 heterocycles. The molecule has 0 saturated carbocycles. The number of nitrogens with zero attached hydrogens (tertiary/aromatic N) is 2. The van der Waals surface area contributed by atoms with E-state index < -0.39 is 5.91 Å². The summed E-state index contributed by atoms with van der Waals surface area (Å²) in [5, 5.41) is 12.5. The minimum atomic E-state index is -0.513. The highest BCUT2D eigenvalue weighted by Crippen LogP contribution is 2.35. The van der Waals surface area contributed by atoms with E-state index in [1.165, 1.54) is 24.5 Å². The van der Waals surface area contributed by atoms with Gasteiger partial charge >= 0.3 is 0 Å². The van der Waals surface area contributed by atoms with Gasteiger partial charge in [-0.05, 0) is 19.1 Å². The summed E-state index contributed by atoms with van der Waals surface area (Å²) in [6.07, 6.45) is 2.81. The number of phenolic OH excluding ortho intramolecular Hbond substituents is 1. The average Bonchev–Trinajstić information content (AvgIpc) is 2.36. The number of hydrogen-bond donors (Lipinski definition) is 2. The molecule has 0 atom stereocenters. The van der Waals surface area contributed by atoms with E-state index in [0.29, 0.717) is 10.7 Å². The minimum absolute atomic E-state index is 0.0535. The molecule has 1 aromatic heterocycles. The Hall–Kier alpha value is -1.85. The zero-order valence-corrected chi connectivity index (χ0v) is 11.3. The Labute approximate surface area is 119 Å². The van der Waals surface area contributed by atoms with Gasteiger partial charge in [-0.3, -0.25) is 9.78 Å². The normalized spacial score (nSPS) is 10.3. The second kappa shape index (κ2) is 5.42. The van der Waals surface area contributed by atoms with Gasteiger partial charge in [-0.25, -0.2) is 4.98 Å². The van der Waals surface area contributed by atoms with Crippen molar-refractivity contribution < 1.29 is 9.90 Å². The number of nitrogens with one attached hydrogen (secondary N) is 1. The lowest BCUT2D eigenvalue weighted by Crippen LogP contribution is -2.14. The Bertz CT molecular complexity index is 630. The van der Waals surface area contributed by atoms with E-state index >= 15 is 0 Å². The Morgan fingerprint density at radius 3 is 2.63 bits per heavy atom. The molecular weight excluding hydrogens is 289 g/mol. The number of amides is 1. The highest BCUT2D eigenvalue weighted by Gasteiger charge is 2.13. The summed E-state index contributed by atoms with van der Waals surface area (Å²) in [5.41, 5.74) is 0.941. The fourth-order valence-electron chi connectivity index (χ4n) is 1.36. The van der Waals surface area contributed by atoms with Crippen LogP contribution in [-0.2, 0) is 0 Å². The number of anilines is 1. The number of aromatic hydroxyl groups is 1. The standard InChI is InChI=1S/C12H9Cl2N3O2/c1-6-4-16-10(5-15-6)12(19)17-9-3-7(13)2-8(14)11(9)18/h2-5,18H,1H3,(H,17,19). The van der Waals surface area contributed by atoms with E-state index in [4.69, 9.17) is 23.2 Å². The van der Waals surface area contributed by atoms with Crippen LogP contribution in [0.5, 0.6) is 5.75 Å². The average molecular weight is 298 g/mol. The van der Waals surface area contributed by atoms with Crippen molar-refractivity contribution in [2.45, 2.75) is 6.92 Å². The van der Waals surface area contributed by atoms with Crippen molar-refractivity contribution in [3.63, 3.8) is 0 Å². The van der Waals surface area contributed by atoms with Gasteiger partial charge in [-0.15, -0.1) is 0 Å². The maximum absolute atomic E-state index is 11.9. The molecule has 0 radical (unpaired) electrons. The molecule has 1 aromatic carbocycles. The highest BCUT2D eigenvalue weighted by molar-refractivity contribution is 6.36. The van der Waals surface area contributed by atoms with Crippen LogP contribution in [0.25, 0.3) is 0 Å². The molecule has 98 valence electrons. The fourth-order valence-corrected chi connectivity index (χ4v) is 1.85. The molecule has 0 bridgehead atoms. The molecule has 0 aliphatic carbocycles. The second-order valence-electron chi connectivity index (χ2n) is 3.78. The zero-order valence-electron chi connectivity index (χ0n) is 9.82. The molecular formula is C12H9Cl2N3O2. The molecule has 7 heteroatoms. The molecule has 2 rings (SSSR count). The lowest BCUT2D eigenvalue weighted by molar-refractivity contribution is 0.102. The van der Waals surface area contributed by atoms with Crippen molar-refractivity contribution in [1.82, 2.24) is 9.97 Å².